The quantitative estimate of drug-likeness (QED) is 0.760. The molecule has 0 spiro atoms. The monoisotopic (exact) mass is 433 g/mol. The lowest BCUT2D eigenvalue weighted by atomic mass is 10.0. The molecule has 29 heavy (non-hydrogen) atoms. The zero-order chi connectivity index (χ0) is 20.4. The smallest absolute Gasteiger partial charge is 0.243 e. The van der Waals surface area contributed by atoms with Gasteiger partial charge >= 0.3 is 0 Å². The Morgan fingerprint density at radius 3 is 2.31 bits per heavy atom. The van der Waals surface area contributed by atoms with Crippen LogP contribution in [0.25, 0.3) is 0 Å². The number of piperazine rings is 1. The lowest BCUT2D eigenvalue weighted by Crippen LogP contribution is -2.52. The topological polar surface area (TPSA) is 69.7 Å². The largest absolute Gasteiger partial charge is 0.352 e. The van der Waals surface area contributed by atoms with E-state index in [9.17, 15) is 13.2 Å². The second kappa shape index (κ2) is 8.44. The Kier molecular flexibility index (Phi) is 5.92. The van der Waals surface area contributed by atoms with Crippen molar-refractivity contribution in [3.05, 3.63) is 65.2 Å². The molecule has 2 aromatic rings. The molecule has 154 valence electrons. The van der Waals surface area contributed by atoms with Crippen LogP contribution in [0.4, 0.5) is 0 Å². The Balaban J connectivity index is 1.49. The fourth-order valence-electron chi connectivity index (χ4n) is 3.65. The van der Waals surface area contributed by atoms with Crippen LogP contribution in [0.15, 0.2) is 59.5 Å². The molecule has 0 bridgehead atoms. The first-order chi connectivity index (χ1) is 13.9. The first-order valence-corrected chi connectivity index (χ1v) is 11.6. The predicted molar refractivity (Wildman–Crippen MR) is 112 cm³/mol. The van der Waals surface area contributed by atoms with E-state index in [0.29, 0.717) is 31.2 Å². The number of benzene rings is 2. The highest BCUT2D eigenvalue weighted by Crippen LogP contribution is 2.27. The third-order valence-electron chi connectivity index (χ3n) is 5.36. The van der Waals surface area contributed by atoms with Gasteiger partial charge in [0, 0.05) is 37.2 Å². The van der Waals surface area contributed by atoms with E-state index in [4.69, 9.17) is 11.6 Å². The Morgan fingerprint density at radius 2 is 1.69 bits per heavy atom. The number of hydrogen-bond acceptors (Lipinski definition) is 4. The summed E-state index contributed by atoms with van der Waals surface area (Å²) in [5, 5.41) is 3.49. The third kappa shape index (κ3) is 4.64. The number of nitrogens with one attached hydrogen (secondary N) is 1. The number of nitrogens with zero attached hydrogens (tertiary/aromatic N) is 2. The minimum absolute atomic E-state index is 0.00940. The molecular formula is C21H24ClN3O3S. The molecule has 4 rings (SSSR count). The molecule has 1 heterocycles. The van der Waals surface area contributed by atoms with Crippen LogP contribution in [0.2, 0.25) is 5.02 Å². The van der Waals surface area contributed by atoms with Crippen LogP contribution in [-0.2, 0) is 14.8 Å². The van der Waals surface area contributed by atoms with Crippen LogP contribution in [0, 0.1) is 0 Å². The van der Waals surface area contributed by atoms with Crippen molar-refractivity contribution in [1.82, 2.24) is 14.5 Å². The Morgan fingerprint density at radius 1 is 1.00 bits per heavy atom. The number of sulfonamides is 1. The van der Waals surface area contributed by atoms with Gasteiger partial charge in [0.15, 0.2) is 0 Å². The van der Waals surface area contributed by atoms with Crippen LogP contribution < -0.4 is 5.32 Å². The summed E-state index contributed by atoms with van der Waals surface area (Å²) in [6.07, 6.45) is 2.05. The number of hydrogen-bond donors (Lipinski definition) is 1. The summed E-state index contributed by atoms with van der Waals surface area (Å²) in [6.45, 7) is 1.62. The minimum atomic E-state index is -3.61. The van der Waals surface area contributed by atoms with Gasteiger partial charge in [0.05, 0.1) is 4.90 Å². The Labute approximate surface area is 176 Å². The van der Waals surface area contributed by atoms with Crippen molar-refractivity contribution in [3.63, 3.8) is 0 Å². The molecule has 0 unspecified atom stereocenters. The molecule has 1 saturated heterocycles. The molecule has 0 aromatic heterocycles. The SMILES string of the molecule is O=C(NC1CC1)[C@@H](c1ccccc1)N1CCN(S(=O)(=O)c2cccc(Cl)c2)CC1. The molecule has 2 aliphatic rings. The average Bonchev–Trinajstić information content (AvgIpc) is 3.53. The Hall–Kier alpha value is -1.93. The standard InChI is InChI=1S/C21H24ClN3O3S/c22-17-7-4-8-19(15-17)29(27,28)25-13-11-24(12-14-25)20(16-5-2-1-3-6-16)21(26)23-18-9-10-18/h1-8,15,18,20H,9-14H2,(H,23,26)/t20-/m1/s1. The van der Waals surface area contributed by atoms with Crippen molar-refractivity contribution in [2.75, 3.05) is 26.2 Å². The highest BCUT2D eigenvalue weighted by molar-refractivity contribution is 7.89. The summed E-state index contributed by atoms with van der Waals surface area (Å²) in [7, 11) is -3.61. The van der Waals surface area contributed by atoms with Crippen molar-refractivity contribution in [3.8, 4) is 0 Å². The molecule has 1 aliphatic heterocycles. The number of amides is 1. The van der Waals surface area contributed by atoms with Crippen molar-refractivity contribution in [2.24, 2.45) is 0 Å². The summed E-state index contributed by atoms with van der Waals surface area (Å²) in [5.41, 5.74) is 0.928. The van der Waals surface area contributed by atoms with Gasteiger partial charge in [0.2, 0.25) is 15.9 Å². The number of carbonyl (C=O) groups excluding carboxylic acids is 1. The van der Waals surface area contributed by atoms with Gasteiger partial charge in [-0.2, -0.15) is 4.31 Å². The second-order valence-corrected chi connectivity index (χ2v) is 9.87. The highest BCUT2D eigenvalue weighted by atomic mass is 35.5. The fraction of sp³-hybridized carbons (Fsp3) is 0.381. The molecule has 2 fully saturated rings. The van der Waals surface area contributed by atoms with E-state index < -0.39 is 16.1 Å². The molecule has 1 N–H and O–H groups in total. The maximum absolute atomic E-state index is 12.9. The van der Waals surface area contributed by atoms with E-state index in [1.165, 1.54) is 10.4 Å². The number of rotatable bonds is 6. The second-order valence-electron chi connectivity index (χ2n) is 7.49. The van der Waals surface area contributed by atoms with E-state index >= 15 is 0 Å². The lowest BCUT2D eigenvalue weighted by molar-refractivity contribution is -0.127. The maximum Gasteiger partial charge on any atom is 0.243 e. The zero-order valence-electron chi connectivity index (χ0n) is 16.0. The number of carbonyl (C=O) groups is 1. The van der Waals surface area contributed by atoms with Crippen molar-refractivity contribution in [1.29, 1.82) is 0 Å². The molecule has 1 saturated carbocycles. The van der Waals surface area contributed by atoms with E-state index in [0.717, 1.165) is 18.4 Å². The van der Waals surface area contributed by atoms with Gasteiger partial charge in [0.1, 0.15) is 6.04 Å². The first-order valence-electron chi connectivity index (χ1n) is 9.80. The van der Waals surface area contributed by atoms with Gasteiger partial charge < -0.3 is 5.32 Å². The van der Waals surface area contributed by atoms with Crippen LogP contribution in [0.3, 0.4) is 0 Å². The predicted octanol–water partition coefficient (Wildman–Crippen LogP) is 2.67. The van der Waals surface area contributed by atoms with Gasteiger partial charge in [0.25, 0.3) is 0 Å². The third-order valence-corrected chi connectivity index (χ3v) is 7.49. The Bertz CT molecular complexity index is 972. The summed E-state index contributed by atoms with van der Waals surface area (Å²) in [6, 6.07) is 15.9. The van der Waals surface area contributed by atoms with Crippen LogP contribution in [0.5, 0.6) is 0 Å². The van der Waals surface area contributed by atoms with Crippen molar-refractivity contribution < 1.29 is 13.2 Å². The minimum Gasteiger partial charge on any atom is -0.352 e. The van der Waals surface area contributed by atoms with E-state index in [2.05, 4.69) is 10.2 Å². The average molecular weight is 434 g/mol. The highest BCUT2D eigenvalue weighted by Gasteiger charge is 2.36. The first kappa shape index (κ1) is 20.3. The van der Waals surface area contributed by atoms with Crippen LogP contribution >= 0.6 is 11.6 Å². The normalized spacial score (nSPS) is 19.6. The summed E-state index contributed by atoms with van der Waals surface area (Å²) in [5.74, 6) is -0.00940. The van der Waals surface area contributed by atoms with E-state index in [1.807, 2.05) is 30.3 Å². The van der Waals surface area contributed by atoms with Crippen LogP contribution in [-0.4, -0.2) is 55.8 Å². The van der Waals surface area contributed by atoms with Crippen LogP contribution in [0.1, 0.15) is 24.4 Å². The molecule has 1 atom stereocenters. The zero-order valence-corrected chi connectivity index (χ0v) is 17.6. The van der Waals surface area contributed by atoms with Gasteiger partial charge in [-0.3, -0.25) is 9.69 Å². The molecule has 8 heteroatoms. The molecule has 0 radical (unpaired) electrons. The van der Waals surface area contributed by atoms with Gasteiger partial charge in [-0.25, -0.2) is 8.42 Å². The molecule has 6 nitrogen and oxygen atoms in total. The molecule has 2 aromatic carbocycles. The lowest BCUT2D eigenvalue weighted by Gasteiger charge is -2.38. The summed E-state index contributed by atoms with van der Waals surface area (Å²) < 4.78 is 27.4. The van der Waals surface area contributed by atoms with Crippen molar-refractivity contribution >= 4 is 27.5 Å². The number of halogens is 1. The van der Waals surface area contributed by atoms with Gasteiger partial charge in [-0.15, -0.1) is 0 Å². The molecule has 1 aliphatic carbocycles. The van der Waals surface area contributed by atoms with E-state index in [-0.39, 0.29) is 16.8 Å². The van der Waals surface area contributed by atoms with Gasteiger partial charge in [-0.05, 0) is 36.6 Å². The summed E-state index contributed by atoms with van der Waals surface area (Å²) >= 11 is 5.97. The molecular weight excluding hydrogens is 410 g/mol. The van der Waals surface area contributed by atoms with Gasteiger partial charge in [-0.1, -0.05) is 48.0 Å². The van der Waals surface area contributed by atoms with Crippen molar-refractivity contribution in [2.45, 2.75) is 29.8 Å². The summed E-state index contributed by atoms with van der Waals surface area (Å²) in [4.78, 5) is 15.2. The fourth-order valence-corrected chi connectivity index (χ4v) is 5.37. The maximum atomic E-state index is 12.9. The van der Waals surface area contributed by atoms with E-state index in [1.54, 1.807) is 18.2 Å². The molecule has 1 amide bonds.